The lowest BCUT2D eigenvalue weighted by atomic mass is 9.68. The van der Waals surface area contributed by atoms with E-state index in [-0.39, 0.29) is 35.8 Å². The maximum atomic E-state index is 13.4. The fourth-order valence-corrected chi connectivity index (χ4v) is 6.24. The van der Waals surface area contributed by atoms with Crippen molar-refractivity contribution in [1.29, 1.82) is 0 Å². The number of thiazole rings is 1. The molecule has 0 unspecified atom stereocenters. The van der Waals surface area contributed by atoms with Crippen molar-refractivity contribution in [1.82, 2.24) is 14.8 Å². The Kier molecular flexibility index (Phi) is 5.49. The van der Waals surface area contributed by atoms with Gasteiger partial charge in [0.15, 0.2) is 5.01 Å². The fraction of sp³-hybridized carbons (Fsp3) is 0.762. The summed E-state index contributed by atoms with van der Waals surface area (Å²) < 4.78 is 0. The molecule has 4 rings (SSSR count). The summed E-state index contributed by atoms with van der Waals surface area (Å²) in [5.41, 5.74) is 0.809. The van der Waals surface area contributed by atoms with Gasteiger partial charge in [-0.2, -0.15) is 0 Å². The Morgan fingerprint density at radius 2 is 2.00 bits per heavy atom. The van der Waals surface area contributed by atoms with Crippen molar-refractivity contribution >= 4 is 23.2 Å². The molecule has 0 spiro atoms. The number of amides is 2. The Morgan fingerprint density at radius 3 is 2.71 bits per heavy atom. The number of fused-ring (bicyclic) bond motifs is 2. The molecule has 0 saturated carbocycles. The molecule has 0 bridgehead atoms. The molecule has 0 aromatic carbocycles. The molecule has 28 heavy (non-hydrogen) atoms. The topological polar surface area (TPSA) is 73.7 Å². The highest BCUT2D eigenvalue weighted by atomic mass is 32.1. The summed E-state index contributed by atoms with van der Waals surface area (Å²) in [6.45, 7) is 5.77. The predicted octanol–water partition coefficient (Wildman–Crippen LogP) is 2.49. The van der Waals surface area contributed by atoms with Crippen LogP contribution in [0.4, 0.5) is 0 Å². The number of nitrogens with zero attached hydrogens (tertiary/aromatic N) is 3. The number of likely N-dealkylation sites (tertiary alicyclic amines) is 2. The first kappa shape index (κ1) is 19.8. The summed E-state index contributed by atoms with van der Waals surface area (Å²) in [5.74, 6) is 0.0649. The van der Waals surface area contributed by atoms with Gasteiger partial charge in [-0.05, 0) is 44.9 Å². The zero-order chi connectivity index (χ0) is 19.9. The largest absolute Gasteiger partial charge is 0.396 e. The summed E-state index contributed by atoms with van der Waals surface area (Å²) in [6.07, 6.45) is 6.89. The second-order valence-electron chi connectivity index (χ2n) is 8.92. The zero-order valence-corrected chi connectivity index (χ0v) is 17.8. The average Bonchev–Trinajstić information content (AvgIpc) is 3.16. The number of carbonyl (C=O) groups excluding carboxylic acids is 2. The van der Waals surface area contributed by atoms with Crippen molar-refractivity contribution < 1.29 is 14.7 Å². The molecule has 1 aromatic heterocycles. The number of aliphatic hydroxyl groups excluding tert-OH is 1. The van der Waals surface area contributed by atoms with Gasteiger partial charge in [-0.25, -0.2) is 4.98 Å². The fourth-order valence-electron chi connectivity index (χ4n) is 5.13. The van der Waals surface area contributed by atoms with Crippen LogP contribution in [0.1, 0.15) is 66.3 Å². The monoisotopic (exact) mass is 405 g/mol. The molecule has 3 heterocycles. The molecule has 2 fully saturated rings. The van der Waals surface area contributed by atoms with Gasteiger partial charge in [-0.3, -0.25) is 9.59 Å². The second kappa shape index (κ2) is 7.75. The maximum Gasteiger partial charge on any atom is 0.283 e. The Morgan fingerprint density at radius 1 is 1.21 bits per heavy atom. The molecule has 3 aliphatic rings. The normalized spacial score (nSPS) is 27.5. The van der Waals surface area contributed by atoms with Crippen LogP contribution in [0.3, 0.4) is 0 Å². The van der Waals surface area contributed by atoms with Gasteiger partial charge in [0.2, 0.25) is 5.91 Å². The molecule has 2 amide bonds. The predicted molar refractivity (Wildman–Crippen MR) is 108 cm³/mol. The number of aryl methyl sites for hydroxylation is 2. The van der Waals surface area contributed by atoms with Gasteiger partial charge >= 0.3 is 0 Å². The van der Waals surface area contributed by atoms with E-state index in [2.05, 4.69) is 4.98 Å². The first-order valence-corrected chi connectivity index (χ1v) is 11.5. The van der Waals surface area contributed by atoms with Crippen molar-refractivity contribution in [2.75, 3.05) is 26.2 Å². The molecular formula is C21H31N3O3S. The molecule has 1 aliphatic carbocycles. The van der Waals surface area contributed by atoms with Crippen molar-refractivity contribution in [3.8, 4) is 0 Å². The number of hydrogen-bond donors (Lipinski definition) is 1. The van der Waals surface area contributed by atoms with Gasteiger partial charge in [-0.15, -0.1) is 11.3 Å². The Bertz CT molecular complexity index is 739. The van der Waals surface area contributed by atoms with E-state index in [1.54, 1.807) is 11.3 Å². The molecule has 0 radical (unpaired) electrons. The van der Waals surface area contributed by atoms with E-state index in [0.29, 0.717) is 24.6 Å². The average molecular weight is 406 g/mol. The van der Waals surface area contributed by atoms with E-state index in [1.807, 2.05) is 23.6 Å². The van der Waals surface area contributed by atoms with Gasteiger partial charge in [0.05, 0.1) is 18.3 Å². The van der Waals surface area contributed by atoms with E-state index >= 15 is 0 Å². The Hall–Kier alpha value is -1.47. The first-order chi connectivity index (χ1) is 13.4. The molecule has 154 valence electrons. The molecular weight excluding hydrogens is 374 g/mol. The molecule has 1 aromatic rings. The molecule has 7 heteroatoms. The van der Waals surface area contributed by atoms with Crippen LogP contribution in [0.15, 0.2) is 0 Å². The number of piperidine rings is 2. The minimum absolute atomic E-state index is 0.0132. The van der Waals surface area contributed by atoms with Gasteiger partial charge in [0, 0.05) is 35.8 Å². The zero-order valence-electron chi connectivity index (χ0n) is 16.9. The van der Waals surface area contributed by atoms with E-state index in [0.717, 1.165) is 44.2 Å². The third-order valence-electron chi connectivity index (χ3n) is 6.84. The number of rotatable bonds is 3. The van der Waals surface area contributed by atoms with Crippen LogP contribution in [-0.4, -0.2) is 64.0 Å². The van der Waals surface area contributed by atoms with Crippen LogP contribution in [0.5, 0.6) is 0 Å². The first-order valence-electron chi connectivity index (χ1n) is 10.6. The molecule has 2 saturated heterocycles. The SMILES string of the molecule is CC(C)C(=O)N1CC[C@]2(CO)CCCN(C(=O)c3nc4c(s3)CCCC4)[C@H]2C1. The standard InChI is InChI=1S/C21H31N3O3S/c1-14(2)19(26)23-11-9-21(13-25)8-5-10-24(17(21)12-23)20(27)18-22-15-6-3-4-7-16(15)28-18/h14,17,25H,3-13H2,1-2H3/t17-,21-/m0/s1. The maximum absolute atomic E-state index is 13.4. The van der Waals surface area contributed by atoms with Crippen molar-refractivity contribution in [2.45, 2.75) is 64.8 Å². The van der Waals surface area contributed by atoms with Crippen molar-refractivity contribution in [3.05, 3.63) is 15.6 Å². The molecule has 1 N–H and O–H groups in total. The minimum atomic E-state index is -0.293. The van der Waals surface area contributed by atoms with Crippen LogP contribution in [0.2, 0.25) is 0 Å². The highest BCUT2D eigenvalue weighted by molar-refractivity contribution is 7.13. The van der Waals surface area contributed by atoms with Gasteiger partial charge in [-0.1, -0.05) is 13.8 Å². The van der Waals surface area contributed by atoms with Crippen LogP contribution in [-0.2, 0) is 17.6 Å². The van der Waals surface area contributed by atoms with Crippen LogP contribution in [0, 0.1) is 11.3 Å². The molecule has 2 atom stereocenters. The number of aliphatic hydroxyl groups is 1. The van der Waals surface area contributed by atoms with E-state index in [4.69, 9.17) is 0 Å². The van der Waals surface area contributed by atoms with E-state index in [9.17, 15) is 14.7 Å². The van der Waals surface area contributed by atoms with Gasteiger partial charge in [0.25, 0.3) is 5.91 Å². The lowest BCUT2D eigenvalue weighted by Gasteiger charge is -2.54. The lowest BCUT2D eigenvalue weighted by molar-refractivity contribution is -0.142. The lowest BCUT2D eigenvalue weighted by Crippen LogP contribution is -2.64. The number of carbonyl (C=O) groups is 2. The van der Waals surface area contributed by atoms with E-state index < -0.39 is 0 Å². The van der Waals surface area contributed by atoms with Gasteiger partial charge < -0.3 is 14.9 Å². The summed E-state index contributed by atoms with van der Waals surface area (Å²) in [7, 11) is 0. The third-order valence-corrected chi connectivity index (χ3v) is 7.99. The smallest absolute Gasteiger partial charge is 0.283 e. The number of aromatic nitrogens is 1. The van der Waals surface area contributed by atoms with Crippen LogP contribution >= 0.6 is 11.3 Å². The summed E-state index contributed by atoms with van der Waals surface area (Å²) in [4.78, 5) is 35.8. The highest BCUT2D eigenvalue weighted by Crippen LogP contribution is 2.43. The second-order valence-corrected chi connectivity index (χ2v) is 10.0. The number of hydrogen-bond acceptors (Lipinski definition) is 5. The molecule has 6 nitrogen and oxygen atoms in total. The Balaban J connectivity index is 1.60. The summed E-state index contributed by atoms with van der Waals surface area (Å²) in [5, 5.41) is 10.8. The summed E-state index contributed by atoms with van der Waals surface area (Å²) in [6, 6.07) is -0.129. The van der Waals surface area contributed by atoms with Crippen molar-refractivity contribution in [3.63, 3.8) is 0 Å². The van der Waals surface area contributed by atoms with Gasteiger partial charge in [0.1, 0.15) is 0 Å². The van der Waals surface area contributed by atoms with E-state index in [1.165, 1.54) is 11.3 Å². The molecule has 2 aliphatic heterocycles. The van der Waals surface area contributed by atoms with Crippen LogP contribution in [0.25, 0.3) is 0 Å². The third kappa shape index (κ3) is 3.36. The minimum Gasteiger partial charge on any atom is -0.396 e. The quantitative estimate of drug-likeness (QED) is 0.839. The Labute approximate surface area is 170 Å². The van der Waals surface area contributed by atoms with Crippen molar-refractivity contribution in [2.24, 2.45) is 11.3 Å². The van der Waals surface area contributed by atoms with Crippen LogP contribution < -0.4 is 0 Å². The summed E-state index contributed by atoms with van der Waals surface area (Å²) >= 11 is 1.55. The highest BCUT2D eigenvalue weighted by Gasteiger charge is 2.50.